The van der Waals surface area contributed by atoms with Crippen LogP contribution in [-0.2, 0) is 16.9 Å². The molecule has 0 aliphatic heterocycles. The first-order valence-corrected chi connectivity index (χ1v) is 14.8. The van der Waals surface area contributed by atoms with Gasteiger partial charge < -0.3 is 19.5 Å². The molecule has 2 N–H and O–H groups in total. The average molecular weight is 541 g/mol. The molecule has 4 aliphatic rings. The van der Waals surface area contributed by atoms with Crippen LogP contribution in [0.1, 0.15) is 121 Å². The van der Waals surface area contributed by atoms with Gasteiger partial charge in [-0.3, -0.25) is 0 Å². The summed E-state index contributed by atoms with van der Waals surface area (Å²) in [4.78, 5) is 15.7. The molecule has 0 atom stereocenters. The Balaban J connectivity index is 1.02. The zero-order chi connectivity index (χ0) is 26.1. The molecule has 4 aliphatic carbocycles. The minimum absolute atomic E-state index is 0.0101. The van der Waals surface area contributed by atoms with E-state index < -0.39 is 17.4 Å². The van der Waals surface area contributed by atoms with Crippen molar-refractivity contribution in [2.24, 2.45) is 5.41 Å². The zero-order valence-corrected chi connectivity index (χ0v) is 22.2. The van der Waals surface area contributed by atoms with E-state index in [1.807, 2.05) is 0 Å². The summed E-state index contributed by atoms with van der Waals surface area (Å²) < 4.78 is 27.2. The van der Waals surface area contributed by atoms with Gasteiger partial charge in [-0.15, -0.1) is 11.3 Å². The van der Waals surface area contributed by atoms with E-state index in [0.29, 0.717) is 59.2 Å². The number of fused-ring (bicyclic) bond motifs is 1. The molecule has 202 valence electrons. The summed E-state index contributed by atoms with van der Waals surface area (Å²) in [5.41, 5.74) is 1.76. The van der Waals surface area contributed by atoms with Crippen molar-refractivity contribution < 1.29 is 28.7 Å². The van der Waals surface area contributed by atoms with Gasteiger partial charge in [0, 0.05) is 17.4 Å². The van der Waals surface area contributed by atoms with Crippen molar-refractivity contribution in [2.75, 3.05) is 0 Å². The third-order valence-electron chi connectivity index (χ3n) is 9.50. The van der Waals surface area contributed by atoms with Crippen molar-refractivity contribution >= 4 is 27.5 Å². The van der Waals surface area contributed by atoms with Crippen molar-refractivity contribution in [1.29, 1.82) is 0 Å². The molecule has 7 rings (SSSR count). The fourth-order valence-electron chi connectivity index (χ4n) is 6.61. The number of hydrogen-bond acceptors (Lipinski definition) is 7. The van der Waals surface area contributed by atoms with E-state index in [2.05, 4.69) is 10.1 Å². The first-order valence-electron chi connectivity index (χ1n) is 14.0. The highest BCUT2D eigenvalue weighted by atomic mass is 32.1. The number of hydrogen-bond donors (Lipinski definition) is 2. The quantitative estimate of drug-likeness (QED) is 0.340. The molecular weight excluding hydrogens is 507 g/mol. The molecule has 4 fully saturated rings. The van der Waals surface area contributed by atoms with Crippen molar-refractivity contribution in [3.63, 3.8) is 0 Å². The van der Waals surface area contributed by atoms with Crippen LogP contribution >= 0.6 is 11.3 Å². The van der Waals surface area contributed by atoms with Gasteiger partial charge in [-0.05, 0) is 94.6 Å². The average Bonchev–Trinajstić information content (AvgIpc) is 3.81. The number of carboxylic acid groups (broad SMARTS) is 1. The van der Waals surface area contributed by atoms with Crippen LogP contribution in [0.2, 0.25) is 0 Å². The molecule has 2 heterocycles. The third kappa shape index (κ3) is 4.46. The maximum atomic E-state index is 14.5. The van der Waals surface area contributed by atoms with Crippen molar-refractivity contribution in [3.8, 4) is 0 Å². The first-order chi connectivity index (χ1) is 18.3. The molecule has 0 amide bonds. The Morgan fingerprint density at radius 1 is 1.05 bits per heavy atom. The molecule has 7 nitrogen and oxygen atoms in total. The number of benzene rings is 1. The lowest BCUT2D eigenvalue weighted by Gasteiger charge is -2.34. The van der Waals surface area contributed by atoms with Gasteiger partial charge in [0.15, 0.2) is 5.82 Å². The fourth-order valence-corrected chi connectivity index (χ4v) is 7.77. The lowest BCUT2D eigenvalue weighted by Crippen LogP contribution is -2.34. The maximum Gasteiger partial charge on any atom is 0.335 e. The van der Waals surface area contributed by atoms with Gasteiger partial charge in [-0.1, -0.05) is 5.16 Å². The zero-order valence-electron chi connectivity index (χ0n) is 21.4. The van der Waals surface area contributed by atoms with Crippen molar-refractivity contribution in [1.82, 2.24) is 10.1 Å². The van der Waals surface area contributed by atoms with E-state index in [4.69, 9.17) is 9.26 Å². The largest absolute Gasteiger partial charge is 0.478 e. The van der Waals surface area contributed by atoms with Crippen LogP contribution in [0.5, 0.6) is 0 Å². The molecule has 0 bridgehead atoms. The van der Waals surface area contributed by atoms with Crippen molar-refractivity contribution in [2.45, 2.75) is 107 Å². The molecule has 4 saturated carbocycles. The van der Waals surface area contributed by atoms with Crippen LogP contribution in [0.3, 0.4) is 0 Å². The first kappa shape index (κ1) is 24.7. The second-order valence-corrected chi connectivity index (χ2v) is 13.2. The highest BCUT2D eigenvalue weighted by Gasteiger charge is 2.46. The molecule has 3 aromatic rings. The van der Waals surface area contributed by atoms with E-state index in [-0.39, 0.29) is 17.2 Å². The molecular formula is C29H33FN2O5S. The number of aliphatic hydroxyl groups is 1. The van der Waals surface area contributed by atoms with Crippen LogP contribution in [0, 0.1) is 11.2 Å². The van der Waals surface area contributed by atoms with Gasteiger partial charge in [-0.2, -0.15) is 0 Å². The number of nitrogens with zero attached hydrogens (tertiary/aromatic N) is 2. The predicted molar refractivity (Wildman–Crippen MR) is 139 cm³/mol. The van der Waals surface area contributed by atoms with Crippen LogP contribution < -0.4 is 0 Å². The third-order valence-corrected chi connectivity index (χ3v) is 10.7. The summed E-state index contributed by atoms with van der Waals surface area (Å²) in [6.45, 7) is 0.500. The molecule has 1 aromatic carbocycles. The number of thiazole rings is 1. The Morgan fingerprint density at radius 2 is 1.79 bits per heavy atom. The van der Waals surface area contributed by atoms with E-state index in [9.17, 15) is 19.4 Å². The monoisotopic (exact) mass is 540 g/mol. The van der Waals surface area contributed by atoms with Crippen LogP contribution in [0.25, 0.3) is 10.2 Å². The maximum absolute atomic E-state index is 14.5. The molecule has 38 heavy (non-hydrogen) atoms. The Kier molecular flexibility index (Phi) is 5.91. The van der Waals surface area contributed by atoms with Crippen LogP contribution in [0.15, 0.2) is 16.7 Å². The summed E-state index contributed by atoms with van der Waals surface area (Å²) in [6.07, 6.45) is 12.4. The summed E-state index contributed by atoms with van der Waals surface area (Å²) in [5.74, 6) is 0.105. The SMILES string of the molecule is O=C(O)c1cc(F)c2nc(C3(O)CCC(OCc4c(C5CCC6(CC5)CC6)noc4C4CC4)CC3)sc2c1. The minimum atomic E-state index is -1.19. The van der Waals surface area contributed by atoms with E-state index in [0.717, 1.165) is 30.4 Å². The Bertz CT molecular complexity index is 1370. The van der Waals surface area contributed by atoms with Crippen molar-refractivity contribution in [3.05, 3.63) is 45.5 Å². The number of ether oxygens (including phenoxy) is 1. The molecule has 0 unspecified atom stereocenters. The second-order valence-electron chi connectivity index (χ2n) is 12.1. The number of rotatable bonds is 7. The number of carbonyl (C=O) groups is 1. The summed E-state index contributed by atoms with van der Waals surface area (Å²) in [7, 11) is 0. The van der Waals surface area contributed by atoms with Gasteiger partial charge in [0.05, 0.1) is 28.7 Å². The Morgan fingerprint density at radius 3 is 2.45 bits per heavy atom. The van der Waals surface area contributed by atoms with Crippen LogP contribution in [-0.4, -0.2) is 32.4 Å². The number of halogens is 1. The Labute approximate surface area is 224 Å². The molecule has 0 radical (unpaired) electrons. The van der Waals surface area contributed by atoms with Crippen LogP contribution in [0.4, 0.5) is 4.39 Å². The normalized spacial score (nSPS) is 27.3. The number of aromatic nitrogens is 2. The predicted octanol–water partition coefficient (Wildman–Crippen LogP) is 6.78. The topological polar surface area (TPSA) is 106 Å². The lowest BCUT2D eigenvalue weighted by molar-refractivity contribution is -0.0643. The summed E-state index contributed by atoms with van der Waals surface area (Å²) in [5, 5.41) is 25.6. The molecule has 2 aromatic heterocycles. The van der Waals surface area contributed by atoms with Gasteiger partial charge in [0.2, 0.25) is 0 Å². The van der Waals surface area contributed by atoms with E-state index >= 15 is 0 Å². The van der Waals surface area contributed by atoms with Gasteiger partial charge in [0.25, 0.3) is 0 Å². The standard InChI is InChI=1S/C29H33FN2O5S/c30-21-13-18(26(33)34)14-22-24(21)31-27(38-22)29(35)9-5-19(6-10-29)36-15-20-23(32-37-25(20)17-1-2-17)16-3-7-28(8-4-16)11-12-28/h13-14,16-17,19,35H,1-12,15H2,(H,33,34). The summed E-state index contributed by atoms with van der Waals surface area (Å²) >= 11 is 1.17. The van der Waals surface area contributed by atoms with E-state index in [1.54, 1.807) is 0 Å². The minimum Gasteiger partial charge on any atom is -0.478 e. The van der Waals surface area contributed by atoms with E-state index in [1.165, 1.54) is 61.5 Å². The summed E-state index contributed by atoms with van der Waals surface area (Å²) in [6, 6.07) is 2.40. The highest BCUT2D eigenvalue weighted by molar-refractivity contribution is 7.18. The number of aromatic carboxylic acids is 1. The molecule has 0 saturated heterocycles. The van der Waals surface area contributed by atoms with Gasteiger partial charge in [0.1, 0.15) is 21.9 Å². The molecule has 9 heteroatoms. The number of carboxylic acids is 1. The highest BCUT2D eigenvalue weighted by Crippen LogP contribution is 2.59. The van der Waals surface area contributed by atoms with Gasteiger partial charge in [-0.25, -0.2) is 14.2 Å². The fraction of sp³-hybridized carbons (Fsp3) is 0.621. The smallest absolute Gasteiger partial charge is 0.335 e. The molecule has 1 spiro atoms. The Hall–Kier alpha value is -2.36. The van der Waals surface area contributed by atoms with Gasteiger partial charge >= 0.3 is 5.97 Å². The second kappa shape index (κ2) is 9.10. The lowest BCUT2D eigenvalue weighted by atomic mass is 9.77.